The van der Waals surface area contributed by atoms with Crippen molar-refractivity contribution in [3.05, 3.63) is 18.3 Å². The van der Waals surface area contributed by atoms with Crippen LogP contribution in [0.4, 0.5) is 5.69 Å². The molecule has 118 valence electrons. The summed E-state index contributed by atoms with van der Waals surface area (Å²) in [5.41, 5.74) is -0.221. The molecule has 1 heterocycles. The number of anilines is 1. The summed E-state index contributed by atoms with van der Waals surface area (Å²) in [4.78, 5) is 16.4. The van der Waals surface area contributed by atoms with Crippen LogP contribution in [0.25, 0.3) is 0 Å². The summed E-state index contributed by atoms with van der Waals surface area (Å²) in [6.07, 6.45) is 3.07. The Morgan fingerprint density at radius 1 is 1.33 bits per heavy atom. The largest absolute Gasteiger partial charge is 0.475 e. The van der Waals surface area contributed by atoms with Crippen LogP contribution in [0.5, 0.6) is 5.88 Å². The van der Waals surface area contributed by atoms with Crippen molar-refractivity contribution >= 4 is 11.6 Å². The third kappa shape index (κ3) is 5.32. The lowest BCUT2D eigenvalue weighted by atomic mass is 9.99. The van der Waals surface area contributed by atoms with Gasteiger partial charge < -0.3 is 19.5 Å². The molecule has 1 amide bonds. The minimum Gasteiger partial charge on any atom is -0.475 e. The lowest BCUT2D eigenvalue weighted by molar-refractivity contribution is -0.136. The maximum Gasteiger partial charge on any atom is 0.256 e. The summed E-state index contributed by atoms with van der Waals surface area (Å²) in [6.45, 7) is 4.73. The fourth-order valence-corrected chi connectivity index (χ4v) is 1.82. The van der Waals surface area contributed by atoms with Gasteiger partial charge in [0.1, 0.15) is 12.2 Å². The molecular formula is C15H24N2O4. The Morgan fingerprint density at radius 2 is 2.10 bits per heavy atom. The second-order valence-corrected chi connectivity index (χ2v) is 4.87. The van der Waals surface area contributed by atoms with Crippen LogP contribution in [-0.4, -0.2) is 43.9 Å². The number of carbonyl (C=O) groups is 1. The first-order chi connectivity index (χ1) is 10.1. The molecule has 1 N–H and O–H groups in total. The van der Waals surface area contributed by atoms with Gasteiger partial charge in [-0.15, -0.1) is 0 Å². The molecule has 1 aromatic heterocycles. The molecule has 6 heteroatoms. The van der Waals surface area contributed by atoms with Crippen molar-refractivity contribution in [2.24, 2.45) is 0 Å². The maximum atomic E-state index is 12.2. The fourth-order valence-electron chi connectivity index (χ4n) is 1.82. The smallest absolute Gasteiger partial charge is 0.256 e. The number of amides is 1. The molecule has 0 saturated heterocycles. The molecule has 0 aliphatic rings. The highest BCUT2D eigenvalue weighted by atomic mass is 16.5. The Kier molecular flexibility index (Phi) is 7.11. The molecule has 1 aromatic rings. The highest BCUT2D eigenvalue weighted by molar-refractivity contribution is 5.96. The average Bonchev–Trinajstić information content (AvgIpc) is 2.49. The summed E-state index contributed by atoms with van der Waals surface area (Å²) in [5.74, 6) is 0.315. The summed E-state index contributed by atoms with van der Waals surface area (Å²) < 4.78 is 15.6. The number of hydrogen-bond donors (Lipinski definition) is 1. The van der Waals surface area contributed by atoms with Crippen molar-refractivity contribution in [1.82, 2.24) is 4.98 Å². The van der Waals surface area contributed by atoms with E-state index >= 15 is 0 Å². The molecule has 0 aromatic carbocycles. The van der Waals surface area contributed by atoms with E-state index in [4.69, 9.17) is 14.2 Å². The SMILES string of the molecule is CCC[C@@](C)(OC)C(=O)Nc1ccc(OCCOC)nc1. The first-order valence-electron chi connectivity index (χ1n) is 7.00. The molecule has 0 bridgehead atoms. The van der Waals surface area contributed by atoms with E-state index in [1.54, 1.807) is 39.5 Å². The standard InChI is InChI=1S/C15H24N2O4/c1-5-8-15(2,20-4)14(18)17-12-6-7-13(16-11-12)21-10-9-19-3/h6-7,11H,5,8-10H2,1-4H3,(H,17,18)/t15-/m1/s1. The summed E-state index contributed by atoms with van der Waals surface area (Å²) in [6, 6.07) is 3.45. The van der Waals surface area contributed by atoms with Crippen molar-refractivity contribution in [2.45, 2.75) is 32.3 Å². The van der Waals surface area contributed by atoms with E-state index in [0.717, 1.165) is 6.42 Å². The lowest BCUT2D eigenvalue weighted by Crippen LogP contribution is -2.41. The third-order valence-electron chi connectivity index (χ3n) is 3.19. The topological polar surface area (TPSA) is 69.7 Å². The number of hydrogen-bond acceptors (Lipinski definition) is 5. The molecule has 6 nitrogen and oxygen atoms in total. The summed E-state index contributed by atoms with van der Waals surface area (Å²) in [5, 5.41) is 2.81. The number of aromatic nitrogens is 1. The van der Waals surface area contributed by atoms with Crippen molar-refractivity contribution in [2.75, 3.05) is 32.8 Å². The predicted octanol–water partition coefficient (Wildman–Crippen LogP) is 2.25. The van der Waals surface area contributed by atoms with Gasteiger partial charge in [-0.05, 0) is 19.4 Å². The van der Waals surface area contributed by atoms with Gasteiger partial charge in [0.05, 0.1) is 18.5 Å². The summed E-state index contributed by atoms with van der Waals surface area (Å²) in [7, 11) is 3.15. The maximum absolute atomic E-state index is 12.2. The first-order valence-corrected chi connectivity index (χ1v) is 7.00. The highest BCUT2D eigenvalue weighted by Gasteiger charge is 2.32. The minimum atomic E-state index is -0.831. The molecular weight excluding hydrogens is 272 g/mol. The molecule has 0 spiro atoms. The normalized spacial score (nSPS) is 13.5. The van der Waals surface area contributed by atoms with Crippen molar-refractivity contribution in [3.63, 3.8) is 0 Å². The van der Waals surface area contributed by atoms with Gasteiger partial charge >= 0.3 is 0 Å². The van der Waals surface area contributed by atoms with E-state index < -0.39 is 5.60 Å². The number of pyridine rings is 1. The minimum absolute atomic E-state index is 0.179. The molecule has 0 aliphatic carbocycles. The van der Waals surface area contributed by atoms with Gasteiger partial charge in [-0.3, -0.25) is 4.79 Å². The van der Waals surface area contributed by atoms with Gasteiger partial charge in [0.2, 0.25) is 5.88 Å². The zero-order valence-corrected chi connectivity index (χ0v) is 13.1. The van der Waals surface area contributed by atoms with Crippen LogP contribution < -0.4 is 10.1 Å². The van der Waals surface area contributed by atoms with Gasteiger partial charge in [0.25, 0.3) is 5.91 Å². The number of rotatable bonds is 9. The van der Waals surface area contributed by atoms with Crippen LogP contribution >= 0.6 is 0 Å². The lowest BCUT2D eigenvalue weighted by Gasteiger charge is -2.26. The molecule has 0 radical (unpaired) electrons. The molecule has 0 aliphatic heterocycles. The van der Waals surface area contributed by atoms with Gasteiger partial charge in [-0.2, -0.15) is 0 Å². The first kappa shape index (κ1) is 17.4. The Hall–Kier alpha value is -1.66. The third-order valence-corrected chi connectivity index (χ3v) is 3.19. The Bertz CT molecular complexity index is 436. The van der Waals surface area contributed by atoms with Crippen LogP contribution in [0.1, 0.15) is 26.7 Å². The van der Waals surface area contributed by atoms with Gasteiger partial charge in [0, 0.05) is 20.3 Å². The second-order valence-electron chi connectivity index (χ2n) is 4.87. The highest BCUT2D eigenvalue weighted by Crippen LogP contribution is 2.20. The Labute approximate surface area is 125 Å². The number of nitrogens with zero attached hydrogens (tertiary/aromatic N) is 1. The monoisotopic (exact) mass is 296 g/mol. The molecule has 21 heavy (non-hydrogen) atoms. The number of methoxy groups -OCH3 is 2. The van der Waals surface area contributed by atoms with E-state index in [1.807, 2.05) is 6.92 Å². The molecule has 1 rings (SSSR count). The van der Waals surface area contributed by atoms with Crippen molar-refractivity contribution < 1.29 is 19.0 Å². The van der Waals surface area contributed by atoms with E-state index in [-0.39, 0.29) is 5.91 Å². The van der Waals surface area contributed by atoms with Crippen LogP contribution in [0, 0.1) is 0 Å². The van der Waals surface area contributed by atoms with E-state index in [9.17, 15) is 4.79 Å². The molecule has 0 saturated carbocycles. The van der Waals surface area contributed by atoms with Crippen LogP contribution in [0.2, 0.25) is 0 Å². The van der Waals surface area contributed by atoms with E-state index in [1.165, 1.54) is 0 Å². The van der Waals surface area contributed by atoms with Crippen molar-refractivity contribution in [3.8, 4) is 5.88 Å². The number of nitrogens with one attached hydrogen (secondary N) is 1. The van der Waals surface area contributed by atoms with Crippen molar-refractivity contribution in [1.29, 1.82) is 0 Å². The van der Waals surface area contributed by atoms with Crippen LogP contribution in [0.15, 0.2) is 18.3 Å². The van der Waals surface area contributed by atoms with Gasteiger partial charge in [-0.1, -0.05) is 13.3 Å². The Morgan fingerprint density at radius 3 is 2.62 bits per heavy atom. The average molecular weight is 296 g/mol. The number of ether oxygens (including phenoxy) is 3. The van der Waals surface area contributed by atoms with Crippen LogP contribution in [-0.2, 0) is 14.3 Å². The molecule has 0 unspecified atom stereocenters. The Balaban J connectivity index is 2.60. The zero-order valence-electron chi connectivity index (χ0n) is 13.1. The predicted molar refractivity (Wildman–Crippen MR) is 80.6 cm³/mol. The van der Waals surface area contributed by atoms with Crippen LogP contribution in [0.3, 0.4) is 0 Å². The fraction of sp³-hybridized carbons (Fsp3) is 0.600. The quantitative estimate of drug-likeness (QED) is 0.708. The summed E-state index contributed by atoms with van der Waals surface area (Å²) >= 11 is 0. The molecule has 0 fully saturated rings. The van der Waals surface area contributed by atoms with Gasteiger partial charge in [-0.25, -0.2) is 4.98 Å². The number of carbonyl (C=O) groups excluding carboxylic acids is 1. The van der Waals surface area contributed by atoms with E-state index in [2.05, 4.69) is 10.3 Å². The second kappa shape index (κ2) is 8.59. The van der Waals surface area contributed by atoms with Gasteiger partial charge in [0.15, 0.2) is 0 Å². The molecule has 1 atom stereocenters. The van der Waals surface area contributed by atoms with E-state index in [0.29, 0.717) is 31.2 Å². The zero-order chi connectivity index (χ0) is 15.7.